The Balaban J connectivity index is 1.59. The fraction of sp³-hybridized carbons (Fsp3) is 0.381. The lowest BCUT2D eigenvalue weighted by atomic mass is 10.1. The zero-order valence-corrected chi connectivity index (χ0v) is 16.6. The zero-order chi connectivity index (χ0) is 19.2. The van der Waals surface area contributed by atoms with Crippen LogP contribution in [0.3, 0.4) is 0 Å². The van der Waals surface area contributed by atoms with Crippen LogP contribution in [-0.2, 0) is 12.3 Å². The summed E-state index contributed by atoms with van der Waals surface area (Å²) in [6.45, 7) is 3.48. The van der Waals surface area contributed by atoms with E-state index in [-0.39, 0.29) is 11.7 Å². The Morgan fingerprint density at radius 2 is 1.93 bits per heavy atom. The lowest BCUT2D eigenvalue weighted by Gasteiger charge is -2.35. The molecule has 1 saturated heterocycles. The second-order valence-electron chi connectivity index (χ2n) is 6.66. The van der Waals surface area contributed by atoms with Crippen molar-refractivity contribution in [3.63, 3.8) is 0 Å². The summed E-state index contributed by atoms with van der Waals surface area (Å²) in [5, 5.41) is 0. The molecule has 0 N–H and O–H groups in total. The van der Waals surface area contributed by atoms with E-state index < -0.39 is 0 Å². The summed E-state index contributed by atoms with van der Waals surface area (Å²) in [4.78, 5) is 16.9. The highest BCUT2D eigenvalue weighted by Crippen LogP contribution is 2.22. The molecule has 144 valence electrons. The van der Waals surface area contributed by atoms with E-state index in [4.69, 9.17) is 4.74 Å². The van der Waals surface area contributed by atoms with Crippen molar-refractivity contribution in [2.45, 2.75) is 12.3 Å². The fourth-order valence-corrected chi connectivity index (χ4v) is 3.88. The number of ether oxygens (including phenoxy) is 1. The van der Waals surface area contributed by atoms with Crippen LogP contribution in [0.2, 0.25) is 0 Å². The van der Waals surface area contributed by atoms with E-state index in [1.807, 2.05) is 23.1 Å². The molecule has 0 saturated carbocycles. The van der Waals surface area contributed by atoms with Crippen molar-refractivity contribution < 1.29 is 13.9 Å². The van der Waals surface area contributed by atoms with E-state index >= 15 is 0 Å². The summed E-state index contributed by atoms with van der Waals surface area (Å²) in [5.74, 6) is 1.43. The van der Waals surface area contributed by atoms with Gasteiger partial charge in [-0.15, -0.1) is 0 Å². The first-order valence-corrected chi connectivity index (χ1v) is 10.4. The Hall–Kier alpha value is -2.05. The number of piperazine rings is 1. The second-order valence-corrected chi connectivity index (χ2v) is 7.52. The van der Waals surface area contributed by atoms with Gasteiger partial charge >= 0.3 is 0 Å². The molecule has 1 amide bonds. The van der Waals surface area contributed by atoms with Crippen LogP contribution >= 0.6 is 11.8 Å². The third kappa shape index (κ3) is 5.02. The molecule has 0 spiro atoms. The summed E-state index contributed by atoms with van der Waals surface area (Å²) < 4.78 is 18.9. The smallest absolute Gasteiger partial charge is 0.253 e. The number of hydrogen-bond acceptors (Lipinski definition) is 4. The van der Waals surface area contributed by atoms with Crippen LogP contribution in [0.5, 0.6) is 5.75 Å². The lowest BCUT2D eigenvalue weighted by molar-refractivity contribution is 0.0627. The molecule has 1 aliphatic heterocycles. The Bertz CT molecular complexity index is 792. The molecule has 1 aliphatic rings. The van der Waals surface area contributed by atoms with Gasteiger partial charge in [-0.3, -0.25) is 9.69 Å². The minimum atomic E-state index is -0.260. The van der Waals surface area contributed by atoms with Gasteiger partial charge in [-0.05, 0) is 42.2 Å². The quantitative estimate of drug-likeness (QED) is 0.756. The van der Waals surface area contributed by atoms with Crippen LogP contribution in [0.25, 0.3) is 0 Å². The molecule has 6 heteroatoms. The summed E-state index contributed by atoms with van der Waals surface area (Å²) in [7, 11) is 1.60. The van der Waals surface area contributed by atoms with Crippen molar-refractivity contribution in [1.82, 2.24) is 9.80 Å². The summed E-state index contributed by atoms with van der Waals surface area (Å²) in [6, 6.07) is 12.5. The van der Waals surface area contributed by atoms with Gasteiger partial charge in [-0.25, -0.2) is 4.39 Å². The standard InChI is InChI=1S/C21H25FN2O2S/c1-26-20-7-6-19(22)13-18(20)14-23-8-10-24(11-9-23)21(25)17-5-3-4-16(12-17)15-27-2/h3-7,12-13H,8-11,14-15H2,1-2H3. The van der Waals surface area contributed by atoms with Gasteiger partial charge in [0.25, 0.3) is 5.91 Å². The fourth-order valence-electron chi connectivity index (χ4n) is 3.36. The molecular weight excluding hydrogens is 363 g/mol. The van der Waals surface area contributed by atoms with E-state index in [9.17, 15) is 9.18 Å². The third-order valence-electron chi connectivity index (χ3n) is 4.78. The summed E-state index contributed by atoms with van der Waals surface area (Å²) in [5.41, 5.74) is 2.76. The van der Waals surface area contributed by atoms with Gasteiger partial charge in [0.05, 0.1) is 7.11 Å². The van der Waals surface area contributed by atoms with Crippen LogP contribution < -0.4 is 4.74 Å². The predicted molar refractivity (Wildman–Crippen MR) is 108 cm³/mol. The maximum absolute atomic E-state index is 13.6. The Kier molecular flexibility index (Phi) is 6.74. The average Bonchev–Trinajstić information content (AvgIpc) is 2.69. The predicted octanol–water partition coefficient (Wildman–Crippen LogP) is 3.66. The minimum Gasteiger partial charge on any atom is -0.496 e. The molecule has 1 heterocycles. The second kappa shape index (κ2) is 9.24. The Morgan fingerprint density at radius 1 is 1.15 bits per heavy atom. The number of benzene rings is 2. The largest absolute Gasteiger partial charge is 0.496 e. The first-order chi connectivity index (χ1) is 13.1. The topological polar surface area (TPSA) is 32.8 Å². The number of carbonyl (C=O) groups is 1. The molecular formula is C21H25FN2O2S. The van der Waals surface area contributed by atoms with Crippen molar-refractivity contribution >= 4 is 17.7 Å². The zero-order valence-electron chi connectivity index (χ0n) is 15.8. The van der Waals surface area contributed by atoms with Crippen molar-refractivity contribution in [2.24, 2.45) is 0 Å². The molecule has 27 heavy (non-hydrogen) atoms. The number of carbonyl (C=O) groups excluding carboxylic acids is 1. The van der Waals surface area contributed by atoms with E-state index in [1.54, 1.807) is 24.9 Å². The van der Waals surface area contributed by atoms with Gasteiger partial charge in [0.2, 0.25) is 0 Å². The van der Waals surface area contributed by atoms with Gasteiger partial charge < -0.3 is 9.64 Å². The first kappa shape index (κ1) is 19.7. The maximum Gasteiger partial charge on any atom is 0.253 e. The molecule has 2 aromatic rings. The van der Waals surface area contributed by atoms with Gasteiger partial charge in [0.15, 0.2) is 0 Å². The van der Waals surface area contributed by atoms with Crippen molar-refractivity contribution in [3.05, 3.63) is 65.0 Å². The van der Waals surface area contributed by atoms with Crippen LogP contribution in [0, 0.1) is 5.82 Å². The molecule has 3 rings (SSSR count). The number of amides is 1. The van der Waals surface area contributed by atoms with Gasteiger partial charge in [0, 0.05) is 49.6 Å². The van der Waals surface area contributed by atoms with Crippen LogP contribution in [0.1, 0.15) is 21.5 Å². The molecule has 0 aromatic heterocycles. The van der Waals surface area contributed by atoms with E-state index in [1.165, 1.54) is 17.7 Å². The third-order valence-corrected chi connectivity index (χ3v) is 5.40. The van der Waals surface area contributed by atoms with Crippen molar-refractivity contribution in [3.8, 4) is 5.75 Å². The number of nitrogens with zero attached hydrogens (tertiary/aromatic N) is 2. The van der Waals surface area contributed by atoms with E-state index in [0.717, 1.165) is 30.0 Å². The SMILES string of the molecule is COc1ccc(F)cc1CN1CCN(C(=O)c2cccc(CSC)c2)CC1. The molecule has 2 aromatic carbocycles. The van der Waals surface area contributed by atoms with Gasteiger partial charge in [-0.2, -0.15) is 11.8 Å². The summed E-state index contributed by atoms with van der Waals surface area (Å²) in [6.07, 6.45) is 2.06. The molecule has 0 radical (unpaired) electrons. The normalized spacial score (nSPS) is 15.0. The van der Waals surface area contributed by atoms with Crippen LogP contribution in [0.15, 0.2) is 42.5 Å². The van der Waals surface area contributed by atoms with Gasteiger partial charge in [0.1, 0.15) is 11.6 Å². The van der Waals surface area contributed by atoms with Crippen LogP contribution in [-0.4, -0.2) is 55.3 Å². The van der Waals surface area contributed by atoms with Crippen molar-refractivity contribution in [2.75, 3.05) is 39.5 Å². The van der Waals surface area contributed by atoms with E-state index in [2.05, 4.69) is 17.2 Å². The van der Waals surface area contributed by atoms with Crippen LogP contribution in [0.4, 0.5) is 4.39 Å². The average molecular weight is 389 g/mol. The number of methoxy groups -OCH3 is 1. The monoisotopic (exact) mass is 388 g/mol. The molecule has 0 aliphatic carbocycles. The number of halogens is 1. The number of rotatable bonds is 6. The van der Waals surface area contributed by atoms with Crippen molar-refractivity contribution in [1.29, 1.82) is 0 Å². The Labute approximate surface area is 164 Å². The molecule has 1 fully saturated rings. The molecule has 0 unspecified atom stereocenters. The van der Waals surface area contributed by atoms with E-state index in [0.29, 0.717) is 25.4 Å². The lowest BCUT2D eigenvalue weighted by Crippen LogP contribution is -2.48. The molecule has 0 atom stereocenters. The molecule has 4 nitrogen and oxygen atoms in total. The number of thioether (sulfide) groups is 1. The highest BCUT2D eigenvalue weighted by molar-refractivity contribution is 7.97. The highest BCUT2D eigenvalue weighted by atomic mass is 32.2. The molecule has 0 bridgehead atoms. The highest BCUT2D eigenvalue weighted by Gasteiger charge is 2.23. The maximum atomic E-state index is 13.6. The van der Waals surface area contributed by atoms with Gasteiger partial charge in [-0.1, -0.05) is 12.1 Å². The number of hydrogen-bond donors (Lipinski definition) is 0. The summed E-state index contributed by atoms with van der Waals surface area (Å²) >= 11 is 1.75. The Morgan fingerprint density at radius 3 is 2.63 bits per heavy atom. The first-order valence-electron chi connectivity index (χ1n) is 9.02. The minimum absolute atomic E-state index is 0.0842.